The standard InChI is InChI=1S/C17H21ClN2O2/c1-5-17(3,4)20-14-13(15(21)16(14)22)19-9-11-10(2)7-6-8-12(11)18/h6-8,19-20H,5,9H2,1-4H3. The van der Waals surface area contributed by atoms with Crippen molar-refractivity contribution in [1.82, 2.24) is 0 Å². The van der Waals surface area contributed by atoms with Crippen LogP contribution in [0.3, 0.4) is 0 Å². The number of benzene rings is 1. The van der Waals surface area contributed by atoms with E-state index in [1.807, 2.05) is 45.9 Å². The van der Waals surface area contributed by atoms with Crippen LogP contribution in [0.15, 0.2) is 27.8 Å². The minimum absolute atomic E-state index is 0.237. The second kappa shape index (κ2) is 6.13. The van der Waals surface area contributed by atoms with Crippen molar-refractivity contribution >= 4 is 23.0 Å². The highest BCUT2D eigenvalue weighted by molar-refractivity contribution is 6.31. The average Bonchev–Trinajstić information content (AvgIpc) is 2.48. The van der Waals surface area contributed by atoms with Gasteiger partial charge in [0.05, 0.1) is 0 Å². The van der Waals surface area contributed by atoms with E-state index in [1.165, 1.54) is 0 Å². The molecule has 5 heteroatoms. The predicted molar refractivity (Wildman–Crippen MR) is 92.9 cm³/mol. The smallest absolute Gasteiger partial charge is 0.253 e. The second-order valence-corrected chi connectivity index (χ2v) is 6.57. The lowest BCUT2D eigenvalue weighted by molar-refractivity contribution is 0.546. The van der Waals surface area contributed by atoms with E-state index in [2.05, 4.69) is 10.6 Å². The molecule has 0 atom stereocenters. The molecule has 0 amide bonds. The molecule has 0 radical (unpaired) electrons. The third-order valence-corrected chi connectivity index (χ3v) is 4.41. The van der Waals surface area contributed by atoms with Gasteiger partial charge in [-0.05, 0) is 44.4 Å². The van der Waals surface area contributed by atoms with E-state index in [4.69, 9.17) is 11.6 Å². The summed E-state index contributed by atoms with van der Waals surface area (Å²) < 4.78 is 0. The molecule has 2 rings (SSSR count). The summed E-state index contributed by atoms with van der Waals surface area (Å²) in [7, 11) is 0. The van der Waals surface area contributed by atoms with Crippen LogP contribution in [0.5, 0.6) is 0 Å². The molecule has 0 aliphatic heterocycles. The van der Waals surface area contributed by atoms with Gasteiger partial charge in [0.15, 0.2) is 0 Å². The summed E-state index contributed by atoms with van der Waals surface area (Å²) in [5, 5.41) is 6.86. The van der Waals surface area contributed by atoms with Gasteiger partial charge in [0, 0.05) is 17.1 Å². The highest BCUT2D eigenvalue weighted by Gasteiger charge is 2.26. The first-order chi connectivity index (χ1) is 10.3. The Labute approximate surface area is 135 Å². The highest BCUT2D eigenvalue weighted by Crippen LogP contribution is 2.24. The lowest BCUT2D eigenvalue weighted by atomic mass is 10.00. The largest absolute Gasteiger partial charge is 0.376 e. The summed E-state index contributed by atoms with van der Waals surface area (Å²) in [6.45, 7) is 8.39. The van der Waals surface area contributed by atoms with Gasteiger partial charge in [-0.15, -0.1) is 0 Å². The van der Waals surface area contributed by atoms with Gasteiger partial charge in [0.1, 0.15) is 11.4 Å². The van der Waals surface area contributed by atoms with Gasteiger partial charge >= 0.3 is 0 Å². The van der Waals surface area contributed by atoms with Crippen molar-refractivity contribution in [2.24, 2.45) is 0 Å². The normalized spacial score (nSPS) is 11.7. The van der Waals surface area contributed by atoms with Crippen molar-refractivity contribution in [3.8, 4) is 0 Å². The van der Waals surface area contributed by atoms with E-state index < -0.39 is 10.9 Å². The monoisotopic (exact) mass is 320 g/mol. The number of nitrogens with one attached hydrogen (secondary N) is 2. The summed E-state index contributed by atoms with van der Waals surface area (Å²) in [6, 6.07) is 5.66. The van der Waals surface area contributed by atoms with Crippen LogP contribution in [0, 0.1) is 6.92 Å². The second-order valence-electron chi connectivity index (χ2n) is 6.16. The van der Waals surface area contributed by atoms with Crippen LogP contribution in [-0.4, -0.2) is 5.54 Å². The Hall–Kier alpha value is -1.81. The Balaban J connectivity index is 2.20. The fraction of sp³-hybridized carbons (Fsp3) is 0.412. The molecule has 22 heavy (non-hydrogen) atoms. The topological polar surface area (TPSA) is 58.2 Å². The summed E-state index contributed by atoms with van der Waals surface area (Å²) in [4.78, 5) is 23.6. The molecule has 2 aromatic carbocycles. The molecular weight excluding hydrogens is 300 g/mol. The minimum Gasteiger partial charge on any atom is -0.376 e. The molecule has 0 unspecified atom stereocenters. The van der Waals surface area contributed by atoms with E-state index in [1.54, 1.807) is 0 Å². The summed E-state index contributed by atoms with van der Waals surface area (Å²) in [5.41, 5.74) is 1.53. The highest BCUT2D eigenvalue weighted by atomic mass is 35.5. The zero-order valence-electron chi connectivity index (χ0n) is 13.3. The number of aryl methyl sites for hydroxylation is 1. The molecule has 0 heterocycles. The maximum atomic E-state index is 11.8. The lowest BCUT2D eigenvalue weighted by Gasteiger charge is -2.28. The molecule has 0 fully saturated rings. The molecular formula is C17H21ClN2O2. The van der Waals surface area contributed by atoms with Gasteiger partial charge in [0.25, 0.3) is 10.9 Å². The predicted octanol–water partition coefficient (Wildman–Crippen LogP) is 3.46. The SMILES string of the molecule is CCC(C)(C)Nc1c(NCc2c(C)cccc2Cl)c(=O)c1=O. The third kappa shape index (κ3) is 3.17. The number of halogens is 1. The van der Waals surface area contributed by atoms with Crippen molar-refractivity contribution in [2.45, 2.75) is 46.2 Å². The van der Waals surface area contributed by atoms with E-state index >= 15 is 0 Å². The van der Waals surface area contributed by atoms with Crippen molar-refractivity contribution in [2.75, 3.05) is 10.6 Å². The van der Waals surface area contributed by atoms with E-state index in [9.17, 15) is 9.59 Å². The molecule has 0 spiro atoms. The van der Waals surface area contributed by atoms with Gasteiger partial charge in [-0.3, -0.25) is 9.59 Å². The average molecular weight is 321 g/mol. The molecule has 0 aliphatic rings. The molecule has 4 nitrogen and oxygen atoms in total. The molecule has 2 N–H and O–H groups in total. The van der Waals surface area contributed by atoms with E-state index in [0.717, 1.165) is 17.5 Å². The first kappa shape index (κ1) is 16.6. The maximum absolute atomic E-state index is 11.8. The third-order valence-electron chi connectivity index (χ3n) is 4.05. The number of rotatable bonds is 6. The summed E-state index contributed by atoms with van der Waals surface area (Å²) in [6.07, 6.45) is 0.842. The van der Waals surface area contributed by atoms with Gasteiger partial charge in [-0.1, -0.05) is 30.7 Å². The molecule has 2 aromatic rings. The quantitative estimate of drug-likeness (QED) is 0.800. The Kier molecular flexibility index (Phi) is 4.61. The molecule has 0 aromatic heterocycles. The van der Waals surface area contributed by atoms with Crippen LogP contribution in [-0.2, 0) is 6.54 Å². The molecule has 0 saturated carbocycles. The molecule has 0 saturated heterocycles. The fourth-order valence-corrected chi connectivity index (χ4v) is 2.46. The van der Waals surface area contributed by atoms with Crippen molar-refractivity contribution in [1.29, 1.82) is 0 Å². The van der Waals surface area contributed by atoms with Crippen LogP contribution in [0.25, 0.3) is 0 Å². The van der Waals surface area contributed by atoms with E-state index in [0.29, 0.717) is 22.9 Å². The molecule has 0 bridgehead atoms. The molecule has 0 aliphatic carbocycles. The van der Waals surface area contributed by atoms with Crippen molar-refractivity contribution in [3.05, 3.63) is 54.8 Å². The van der Waals surface area contributed by atoms with Crippen LogP contribution < -0.4 is 21.5 Å². The van der Waals surface area contributed by atoms with E-state index in [-0.39, 0.29) is 5.54 Å². The van der Waals surface area contributed by atoms with Crippen LogP contribution in [0.2, 0.25) is 5.02 Å². The zero-order valence-corrected chi connectivity index (χ0v) is 14.1. The van der Waals surface area contributed by atoms with Gasteiger partial charge < -0.3 is 10.6 Å². The first-order valence-corrected chi connectivity index (χ1v) is 7.74. The van der Waals surface area contributed by atoms with Gasteiger partial charge in [-0.25, -0.2) is 0 Å². The van der Waals surface area contributed by atoms with Crippen LogP contribution in [0.1, 0.15) is 38.3 Å². The van der Waals surface area contributed by atoms with Gasteiger partial charge in [0.2, 0.25) is 0 Å². The number of hydrogen-bond acceptors (Lipinski definition) is 4. The fourth-order valence-electron chi connectivity index (χ4n) is 2.17. The zero-order chi connectivity index (χ0) is 16.5. The number of hydrogen-bond donors (Lipinski definition) is 2. The van der Waals surface area contributed by atoms with Crippen LogP contribution in [0.4, 0.5) is 11.4 Å². The van der Waals surface area contributed by atoms with Crippen LogP contribution >= 0.6 is 11.6 Å². The Morgan fingerprint density at radius 2 is 1.77 bits per heavy atom. The van der Waals surface area contributed by atoms with Crippen molar-refractivity contribution in [3.63, 3.8) is 0 Å². The summed E-state index contributed by atoms with van der Waals surface area (Å²) in [5.74, 6) is 0. The Bertz CT molecular complexity index is 738. The Morgan fingerprint density at radius 3 is 2.36 bits per heavy atom. The number of anilines is 2. The minimum atomic E-state index is -0.473. The molecule has 118 valence electrons. The Morgan fingerprint density at radius 1 is 1.14 bits per heavy atom. The maximum Gasteiger partial charge on any atom is 0.253 e. The lowest BCUT2D eigenvalue weighted by Crippen LogP contribution is -2.42. The summed E-state index contributed by atoms with van der Waals surface area (Å²) >= 11 is 6.18. The van der Waals surface area contributed by atoms with Crippen molar-refractivity contribution < 1.29 is 0 Å². The van der Waals surface area contributed by atoms with Gasteiger partial charge in [-0.2, -0.15) is 0 Å². The first-order valence-electron chi connectivity index (χ1n) is 7.36.